The van der Waals surface area contributed by atoms with Crippen molar-refractivity contribution >= 4 is 15.7 Å². The molecule has 1 aliphatic heterocycles. The minimum absolute atomic E-state index is 0.0375. The van der Waals surface area contributed by atoms with Gasteiger partial charge in [-0.15, -0.1) is 0 Å². The molecule has 2 rings (SSSR count). The van der Waals surface area contributed by atoms with Gasteiger partial charge in [0.05, 0.1) is 13.2 Å². The van der Waals surface area contributed by atoms with Crippen LogP contribution in [0.15, 0.2) is 15.8 Å². The van der Waals surface area contributed by atoms with Gasteiger partial charge in [-0.1, -0.05) is 5.92 Å². The molecule has 0 spiro atoms. The lowest BCUT2D eigenvalue weighted by atomic mass is 10.1. The van der Waals surface area contributed by atoms with Crippen molar-refractivity contribution in [2.45, 2.75) is 71.2 Å². The van der Waals surface area contributed by atoms with E-state index in [2.05, 4.69) is 26.1 Å². The van der Waals surface area contributed by atoms with Crippen LogP contribution >= 0.6 is 15.7 Å². The Bertz CT molecular complexity index is 1200. The highest BCUT2D eigenvalue weighted by Crippen LogP contribution is 2.50. The number of rotatable bonds is 13. The minimum atomic E-state index is -2.76. The summed E-state index contributed by atoms with van der Waals surface area (Å²) in [6.45, 7) is 20.6. The Labute approximate surface area is 231 Å². The van der Waals surface area contributed by atoms with Crippen LogP contribution in [0.3, 0.4) is 0 Å². The highest BCUT2D eigenvalue weighted by molar-refractivity contribution is 7.67. The fourth-order valence-corrected chi connectivity index (χ4v) is 6.10. The molecule has 0 aliphatic carbocycles. The molecule has 1 aromatic rings. The molecule has 0 saturated carbocycles. The normalized spacial score (nSPS) is 22.2. The first kappa shape index (κ1) is 33.4. The van der Waals surface area contributed by atoms with Gasteiger partial charge in [0.15, 0.2) is 12.3 Å². The third-order valence-electron chi connectivity index (χ3n) is 5.55. The molecule has 0 bridgehead atoms. The minimum Gasteiger partial charge on any atom is -0.382 e. The Morgan fingerprint density at radius 2 is 1.87 bits per heavy atom. The Hall–Kier alpha value is -1.85. The maximum absolute atomic E-state index is 12.8. The van der Waals surface area contributed by atoms with Crippen molar-refractivity contribution in [3.8, 4) is 11.6 Å². The smallest absolute Gasteiger partial charge is 0.330 e. The van der Waals surface area contributed by atoms with Gasteiger partial charge in [0, 0.05) is 31.0 Å². The van der Waals surface area contributed by atoms with Crippen molar-refractivity contribution in [3.63, 3.8) is 0 Å². The van der Waals surface area contributed by atoms with E-state index < -0.39 is 51.5 Å². The van der Waals surface area contributed by atoms with E-state index in [1.807, 2.05) is 27.7 Å². The van der Waals surface area contributed by atoms with Crippen LogP contribution in [0.2, 0.25) is 0 Å². The standard InChI is InChI=1S/C25H40N4O8P2/c1-17(2)29(18(3)4)38(35-12-11-26-6)37-21-20(10-15-39(8,9)32)36-24(22(21)34-14-13-33-7)28-16-19(5)23(30)27-25(28)31/h16-18,20-22,24H,11-14H2,1-5,7-9H3,(H,27,30,31)/t20-,21-,22-,24-,38?/m1/s1. The summed E-state index contributed by atoms with van der Waals surface area (Å²) in [6, 6.07) is 0.0751. The molecule has 39 heavy (non-hydrogen) atoms. The van der Waals surface area contributed by atoms with Crippen LogP contribution in [-0.4, -0.2) is 91.4 Å². The molecule has 2 heterocycles. The van der Waals surface area contributed by atoms with E-state index >= 15 is 0 Å². The predicted molar refractivity (Wildman–Crippen MR) is 150 cm³/mol. The van der Waals surface area contributed by atoms with Crippen LogP contribution in [0, 0.1) is 25.1 Å². The zero-order valence-electron chi connectivity index (χ0n) is 23.9. The average molecular weight is 587 g/mol. The van der Waals surface area contributed by atoms with E-state index in [0.717, 1.165) is 0 Å². The van der Waals surface area contributed by atoms with Crippen molar-refractivity contribution in [3.05, 3.63) is 44.0 Å². The van der Waals surface area contributed by atoms with Gasteiger partial charge in [-0.2, -0.15) is 0 Å². The topological polar surface area (TPSA) is 126 Å². The van der Waals surface area contributed by atoms with Crippen LogP contribution in [0.1, 0.15) is 39.5 Å². The fourth-order valence-electron chi connectivity index (χ4n) is 3.93. The van der Waals surface area contributed by atoms with Gasteiger partial charge in [-0.3, -0.25) is 14.3 Å². The van der Waals surface area contributed by atoms with Gasteiger partial charge in [-0.05, 0) is 53.6 Å². The number of nitrogens with one attached hydrogen (secondary N) is 1. The lowest BCUT2D eigenvalue weighted by molar-refractivity contribution is -0.0764. The number of hydrogen-bond donors (Lipinski definition) is 1. The summed E-state index contributed by atoms with van der Waals surface area (Å²) in [7, 11) is -2.94. The molecule has 1 fully saturated rings. The van der Waals surface area contributed by atoms with Crippen LogP contribution in [0.4, 0.5) is 0 Å². The first-order chi connectivity index (χ1) is 18.3. The average Bonchev–Trinajstić information content (AvgIpc) is 3.16. The third-order valence-corrected chi connectivity index (χ3v) is 8.34. The molecule has 1 saturated heterocycles. The summed E-state index contributed by atoms with van der Waals surface area (Å²) in [5, 5.41) is 0. The first-order valence-corrected chi connectivity index (χ1v) is 16.4. The zero-order valence-corrected chi connectivity index (χ0v) is 25.7. The Morgan fingerprint density at radius 3 is 2.44 bits per heavy atom. The number of nitrogens with zero attached hydrogens (tertiary/aromatic N) is 3. The maximum atomic E-state index is 12.8. The summed E-state index contributed by atoms with van der Waals surface area (Å²) in [4.78, 5) is 30.5. The highest BCUT2D eigenvalue weighted by atomic mass is 31.2. The van der Waals surface area contributed by atoms with Gasteiger partial charge < -0.3 is 32.7 Å². The molecule has 0 radical (unpaired) electrons. The molecular formula is C25H40N4O8P2. The van der Waals surface area contributed by atoms with E-state index in [0.29, 0.717) is 5.56 Å². The Balaban J connectivity index is 2.63. The van der Waals surface area contributed by atoms with Gasteiger partial charge in [0.25, 0.3) is 14.1 Å². The quantitative estimate of drug-likeness (QED) is 0.161. The molecule has 5 atom stereocenters. The highest BCUT2D eigenvalue weighted by Gasteiger charge is 2.50. The second-order valence-corrected chi connectivity index (χ2v) is 14.3. The largest absolute Gasteiger partial charge is 0.382 e. The summed E-state index contributed by atoms with van der Waals surface area (Å²) in [5.74, 6) is 2.94. The molecule has 1 N–H and O–H groups in total. The maximum Gasteiger partial charge on any atom is 0.330 e. The lowest BCUT2D eigenvalue weighted by Gasteiger charge is -2.37. The summed E-state index contributed by atoms with van der Waals surface area (Å²) in [6.07, 6.45) is -2.30. The van der Waals surface area contributed by atoms with Crippen molar-refractivity contribution in [2.24, 2.45) is 0 Å². The van der Waals surface area contributed by atoms with E-state index in [-0.39, 0.29) is 38.4 Å². The monoisotopic (exact) mass is 586 g/mol. The molecule has 1 unspecified atom stereocenters. The van der Waals surface area contributed by atoms with Crippen molar-refractivity contribution in [1.82, 2.24) is 14.2 Å². The molecule has 14 heteroatoms. The first-order valence-electron chi connectivity index (χ1n) is 12.7. The second-order valence-electron chi connectivity index (χ2n) is 9.95. The molecule has 1 aliphatic rings. The number of ether oxygens (including phenoxy) is 3. The number of aromatic nitrogens is 2. The van der Waals surface area contributed by atoms with Crippen molar-refractivity contribution in [1.29, 1.82) is 0 Å². The summed E-state index contributed by atoms with van der Waals surface area (Å²) >= 11 is 0. The van der Waals surface area contributed by atoms with Crippen molar-refractivity contribution in [2.75, 3.05) is 46.8 Å². The number of methoxy groups -OCH3 is 1. The predicted octanol–water partition coefficient (Wildman–Crippen LogP) is 3.02. The van der Waals surface area contributed by atoms with E-state index in [4.69, 9.17) is 29.8 Å². The van der Waals surface area contributed by atoms with Crippen LogP contribution in [0.25, 0.3) is 4.85 Å². The van der Waals surface area contributed by atoms with Crippen LogP contribution < -0.4 is 11.2 Å². The van der Waals surface area contributed by atoms with E-state index in [9.17, 15) is 14.2 Å². The van der Waals surface area contributed by atoms with E-state index in [1.54, 1.807) is 20.3 Å². The molecule has 0 aromatic carbocycles. The van der Waals surface area contributed by atoms with Gasteiger partial charge in [-0.25, -0.2) is 16.0 Å². The van der Waals surface area contributed by atoms with Crippen LogP contribution in [0.5, 0.6) is 0 Å². The molecule has 12 nitrogen and oxygen atoms in total. The van der Waals surface area contributed by atoms with Gasteiger partial charge in [0.2, 0.25) is 6.54 Å². The Morgan fingerprint density at radius 1 is 1.21 bits per heavy atom. The van der Waals surface area contributed by atoms with E-state index in [1.165, 1.54) is 17.9 Å². The lowest BCUT2D eigenvalue weighted by Crippen LogP contribution is -2.42. The fraction of sp³-hybridized carbons (Fsp3) is 0.720. The number of hydrogen-bond acceptors (Lipinski definition) is 9. The summed E-state index contributed by atoms with van der Waals surface area (Å²) < 4.78 is 46.0. The number of aryl methyl sites for hydroxylation is 1. The zero-order chi connectivity index (χ0) is 29.3. The molecule has 218 valence electrons. The molecule has 1 aromatic heterocycles. The third kappa shape index (κ3) is 9.63. The number of aromatic amines is 1. The molecule has 0 amide bonds. The van der Waals surface area contributed by atoms with Gasteiger partial charge >= 0.3 is 5.69 Å². The SMILES string of the molecule is [C-]#[N+]CCOP(O[C@H]1[C@@H](OCCOC)[C@H](n2cc(C)c(=O)[nH]c2=O)O[C@@H]1C#CP(C)(C)=O)N(C(C)C)C(C)C. The Kier molecular flexibility index (Phi) is 13.0. The summed E-state index contributed by atoms with van der Waals surface area (Å²) in [5.41, 5.74) is 1.90. The second kappa shape index (κ2) is 15.2. The van der Waals surface area contributed by atoms with Gasteiger partial charge in [0.1, 0.15) is 26.0 Å². The molecular weight excluding hydrogens is 546 g/mol. The van der Waals surface area contributed by atoms with Crippen molar-refractivity contribution < 1.29 is 27.8 Å². The number of H-pyrrole nitrogens is 1. The van der Waals surface area contributed by atoms with Crippen LogP contribution in [-0.2, 0) is 27.8 Å².